The Morgan fingerprint density at radius 2 is 1.69 bits per heavy atom. The summed E-state index contributed by atoms with van der Waals surface area (Å²) in [6, 6.07) is 0. The van der Waals surface area contributed by atoms with E-state index in [1.165, 1.54) is 11.1 Å². The van der Waals surface area contributed by atoms with Gasteiger partial charge < -0.3 is 0 Å². The summed E-state index contributed by atoms with van der Waals surface area (Å²) >= 11 is 0. The highest BCUT2D eigenvalue weighted by atomic mass is 14.3. The summed E-state index contributed by atoms with van der Waals surface area (Å²) in [4.78, 5) is 0. The van der Waals surface area contributed by atoms with Gasteiger partial charge >= 0.3 is 0 Å². The largest absolute Gasteiger partial charge is 0.0995 e. The predicted octanol–water partition coefficient (Wildman–Crippen LogP) is 4.58. The molecule has 0 aromatic heterocycles. The third kappa shape index (κ3) is 3.38. The highest BCUT2D eigenvalue weighted by molar-refractivity contribution is 5.16. The van der Waals surface area contributed by atoms with Crippen LogP contribution in [0.15, 0.2) is 24.3 Å². The topological polar surface area (TPSA) is 0 Å². The number of hydrogen-bond acceptors (Lipinski definition) is 0. The maximum atomic E-state index is 4.17. The fourth-order valence-electron chi connectivity index (χ4n) is 1.06. The Morgan fingerprint density at radius 3 is 2.00 bits per heavy atom. The van der Waals surface area contributed by atoms with Gasteiger partial charge in [0.05, 0.1) is 0 Å². The second kappa shape index (κ2) is 4.64. The van der Waals surface area contributed by atoms with Crippen molar-refractivity contribution in [2.75, 3.05) is 0 Å². The number of hydrogen-bond donors (Lipinski definition) is 0. The van der Waals surface area contributed by atoms with Crippen LogP contribution >= 0.6 is 0 Å². The van der Waals surface area contributed by atoms with Crippen LogP contribution in [0, 0.1) is 11.3 Å². The van der Waals surface area contributed by atoms with Crippen LogP contribution in [0.5, 0.6) is 0 Å². The van der Waals surface area contributed by atoms with Crippen molar-refractivity contribution in [1.29, 1.82) is 0 Å². The SMILES string of the molecule is C=C(CC)CC(=C)C(C)(C)C(C)C. The Balaban J connectivity index is 4.34. The minimum atomic E-state index is 0.234. The first-order valence-corrected chi connectivity index (χ1v) is 5.17. The molecule has 76 valence electrons. The summed E-state index contributed by atoms with van der Waals surface area (Å²) in [5.74, 6) is 0.643. The molecular formula is C13H24. The summed E-state index contributed by atoms with van der Waals surface area (Å²) < 4.78 is 0. The molecule has 0 atom stereocenters. The van der Waals surface area contributed by atoms with Crippen LogP contribution in [0.1, 0.15) is 47.5 Å². The monoisotopic (exact) mass is 180 g/mol. The molecule has 0 saturated heterocycles. The van der Waals surface area contributed by atoms with Crippen molar-refractivity contribution >= 4 is 0 Å². The van der Waals surface area contributed by atoms with Gasteiger partial charge in [-0.25, -0.2) is 0 Å². The standard InChI is InChI=1S/C13H24/c1-8-11(4)9-12(5)13(6,7)10(2)3/h10H,4-5,8-9H2,1-3,6-7H3. The van der Waals surface area contributed by atoms with Gasteiger partial charge in [0.25, 0.3) is 0 Å². The third-order valence-electron chi connectivity index (χ3n) is 3.32. The normalized spacial score (nSPS) is 11.8. The van der Waals surface area contributed by atoms with Crippen molar-refractivity contribution in [3.8, 4) is 0 Å². The smallest absolute Gasteiger partial charge is 0.0109 e. The lowest BCUT2D eigenvalue weighted by Gasteiger charge is -2.32. The molecule has 0 aromatic rings. The Labute approximate surface area is 83.7 Å². The quantitative estimate of drug-likeness (QED) is 0.543. The van der Waals surface area contributed by atoms with Crippen LogP contribution < -0.4 is 0 Å². The highest BCUT2D eigenvalue weighted by Gasteiger charge is 2.25. The average Bonchev–Trinajstić information content (AvgIpc) is 2.03. The van der Waals surface area contributed by atoms with Gasteiger partial charge in [-0.2, -0.15) is 0 Å². The second-order valence-corrected chi connectivity index (χ2v) is 4.76. The molecule has 0 aromatic carbocycles. The molecular weight excluding hydrogens is 156 g/mol. The number of rotatable bonds is 5. The van der Waals surface area contributed by atoms with E-state index in [4.69, 9.17) is 0 Å². The van der Waals surface area contributed by atoms with Gasteiger partial charge in [0.15, 0.2) is 0 Å². The summed E-state index contributed by atoms with van der Waals surface area (Å²) in [6.45, 7) is 19.4. The van der Waals surface area contributed by atoms with Crippen molar-refractivity contribution < 1.29 is 0 Å². The van der Waals surface area contributed by atoms with E-state index >= 15 is 0 Å². The minimum absolute atomic E-state index is 0.234. The molecule has 0 N–H and O–H groups in total. The van der Waals surface area contributed by atoms with Gasteiger partial charge in [0.1, 0.15) is 0 Å². The van der Waals surface area contributed by atoms with Crippen LogP contribution in [-0.2, 0) is 0 Å². The first-order chi connectivity index (χ1) is 5.82. The van der Waals surface area contributed by atoms with E-state index in [1.807, 2.05) is 0 Å². The molecule has 0 saturated carbocycles. The Hall–Kier alpha value is -0.520. The van der Waals surface area contributed by atoms with E-state index in [-0.39, 0.29) is 5.41 Å². The molecule has 0 heterocycles. The fourth-order valence-corrected chi connectivity index (χ4v) is 1.06. The lowest BCUT2D eigenvalue weighted by Crippen LogP contribution is -2.21. The van der Waals surface area contributed by atoms with Crippen molar-refractivity contribution in [2.45, 2.75) is 47.5 Å². The van der Waals surface area contributed by atoms with Gasteiger partial charge in [0.2, 0.25) is 0 Å². The first kappa shape index (κ1) is 12.5. The van der Waals surface area contributed by atoms with E-state index in [9.17, 15) is 0 Å². The molecule has 0 aliphatic heterocycles. The third-order valence-corrected chi connectivity index (χ3v) is 3.32. The minimum Gasteiger partial charge on any atom is -0.0995 e. The molecule has 0 aliphatic rings. The van der Waals surface area contributed by atoms with E-state index in [2.05, 4.69) is 47.8 Å². The highest BCUT2D eigenvalue weighted by Crippen LogP contribution is 2.36. The zero-order valence-corrected chi connectivity index (χ0v) is 9.91. The Morgan fingerprint density at radius 1 is 1.23 bits per heavy atom. The molecule has 0 heteroatoms. The van der Waals surface area contributed by atoms with Crippen molar-refractivity contribution in [3.05, 3.63) is 24.3 Å². The molecule has 0 radical (unpaired) electrons. The maximum Gasteiger partial charge on any atom is -0.0109 e. The number of allylic oxidation sites excluding steroid dienone is 2. The summed E-state index contributed by atoms with van der Waals surface area (Å²) in [5.41, 5.74) is 2.84. The molecule has 0 rings (SSSR count). The summed E-state index contributed by atoms with van der Waals surface area (Å²) in [7, 11) is 0. The molecule has 13 heavy (non-hydrogen) atoms. The van der Waals surface area contributed by atoms with Gasteiger partial charge in [-0.3, -0.25) is 0 Å². The molecule has 0 nitrogen and oxygen atoms in total. The van der Waals surface area contributed by atoms with Gasteiger partial charge in [-0.1, -0.05) is 58.9 Å². The van der Waals surface area contributed by atoms with E-state index < -0.39 is 0 Å². The van der Waals surface area contributed by atoms with E-state index in [0.717, 1.165) is 12.8 Å². The van der Waals surface area contributed by atoms with Crippen LogP contribution in [0.4, 0.5) is 0 Å². The van der Waals surface area contributed by atoms with Gasteiger partial charge in [-0.05, 0) is 24.2 Å². The molecule has 0 bridgehead atoms. The molecule has 0 aliphatic carbocycles. The Kier molecular flexibility index (Phi) is 4.46. The summed E-state index contributed by atoms with van der Waals surface area (Å²) in [6.07, 6.45) is 2.05. The Bertz CT molecular complexity index is 194. The molecule has 0 unspecified atom stereocenters. The molecule has 0 fully saturated rings. The lowest BCUT2D eigenvalue weighted by atomic mass is 9.73. The zero-order valence-electron chi connectivity index (χ0n) is 9.91. The summed E-state index contributed by atoms with van der Waals surface area (Å²) in [5, 5.41) is 0. The van der Waals surface area contributed by atoms with Crippen molar-refractivity contribution in [2.24, 2.45) is 11.3 Å². The van der Waals surface area contributed by atoms with Crippen LogP contribution in [0.2, 0.25) is 0 Å². The van der Waals surface area contributed by atoms with Crippen LogP contribution in [0.3, 0.4) is 0 Å². The van der Waals surface area contributed by atoms with E-state index in [1.54, 1.807) is 0 Å². The van der Waals surface area contributed by atoms with Crippen molar-refractivity contribution in [1.82, 2.24) is 0 Å². The van der Waals surface area contributed by atoms with Crippen LogP contribution in [0.25, 0.3) is 0 Å². The van der Waals surface area contributed by atoms with E-state index in [0.29, 0.717) is 5.92 Å². The van der Waals surface area contributed by atoms with Crippen LogP contribution in [-0.4, -0.2) is 0 Å². The van der Waals surface area contributed by atoms with Gasteiger partial charge in [0, 0.05) is 0 Å². The van der Waals surface area contributed by atoms with Gasteiger partial charge in [-0.15, -0.1) is 0 Å². The predicted molar refractivity (Wildman–Crippen MR) is 61.8 cm³/mol. The molecule has 0 amide bonds. The van der Waals surface area contributed by atoms with Crippen molar-refractivity contribution in [3.63, 3.8) is 0 Å². The molecule has 0 spiro atoms. The lowest BCUT2D eigenvalue weighted by molar-refractivity contribution is 0.305. The maximum absolute atomic E-state index is 4.17. The second-order valence-electron chi connectivity index (χ2n) is 4.76. The zero-order chi connectivity index (χ0) is 10.6. The average molecular weight is 180 g/mol. The first-order valence-electron chi connectivity index (χ1n) is 5.17. The fraction of sp³-hybridized carbons (Fsp3) is 0.692.